The fourth-order valence-corrected chi connectivity index (χ4v) is 1.67. The first kappa shape index (κ1) is 11.4. The van der Waals surface area contributed by atoms with Crippen molar-refractivity contribution in [2.24, 2.45) is 5.84 Å². The summed E-state index contributed by atoms with van der Waals surface area (Å²) in [7, 11) is 0. The Morgan fingerprint density at radius 2 is 2.41 bits per heavy atom. The van der Waals surface area contributed by atoms with Crippen molar-refractivity contribution in [2.45, 2.75) is 6.54 Å². The van der Waals surface area contributed by atoms with Crippen LogP contribution in [0.25, 0.3) is 11.0 Å². The topological polar surface area (TPSA) is 106 Å². The van der Waals surface area contributed by atoms with E-state index >= 15 is 0 Å². The van der Waals surface area contributed by atoms with Crippen LogP contribution in [0.1, 0.15) is 0 Å². The second-order valence-electron chi connectivity index (χ2n) is 3.29. The number of nitrogens with one attached hydrogen (secondary N) is 2. The molecular weight excluding hydrogens is 242 g/mol. The number of nitrogens with zero attached hydrogens (tertiary/aromatic N) is 2. The van der Waals surface area contributed by atoms with Crippen LogP contribution < -0.4 is 16.8 Å². The summed E-state index contributed by atoms with van der Waals surface area (Å²) in [6.07, 6.45) is 1.49. The standard InChI is InChI=1S/C9H9N5O2S/c10-13-6(15)4-14-8(16)7-5(12-9(14)17)2-1-3-11-7/h1-3H,4,10H2,(H,12,17)(H,13,15). The van der Waals surface area contributed by atoms with Gasteiger partial charge in [-0.1, -0.05) is 0 Å². The molecular formula is C9H9N5O2S. The van der Waals surface area contributed by atoms with Gasteiger partial charge in [-0.25, -0.2) is 10.8 Å². The molecule has 4 N–H and O–H groups in total. The average molecular weight is 251 g/mol. The Morgan fingerprint density at radius 1 is 1.65 bits per heavy atom. The summed E-state index contributed by atoms with van der Waals surface area (Å²) in [6, 6.07) is 3.37. The Balaban J connectivity index is 2.68. The number of aromatic nitrogens is 3. The number of rotatable bonds is 2. The van der Waals surface area contributed by atoms with Gasteiger partial charge in [-0.15, -0.1) is 0 Å². The minimum atomic E-state index is -0.512. The Labute approximate surface area is 100 Å². The predicted molar refractivity (Wildman–Crippen MR) is 63.5 cm³/mol. The van der Waals surface area contributed by atoms with Gasteiger partial charge in [0.2, 0.25) is 0 Å². The van der Waals surface area contributed by atoms with Crippen molar-refractivity contribution in [3.05, 3.63) is 33.5 Å². The highest BCUT2D eigenvalue weighted by Gasteiger charge is 2.08. The number of H-pyrrole nitrogens is 1. The van der Waals surface area contributed by atoms with Gasteiger partial charge in [-0.05, 0) is 24.4 Å². The summed E-state index contributed by atoms with van der Waals surface area (Å²) in [5.74, 6) is 4.45. The van der Waals surface area contributed by atoms with Crippen molar-refractivity contribution >= 4 is 29.2 Å². The molecule has 88 valence electrons. The van der Waals surface area contributed by atoms with Crippen LogP contribution in [0.5, 0.6) is 0 Å². The van der Waals surface area contributed by atoms with Crippen molar-refractivity contribution < 1.29 is 4.79 Å². The predicted octanol–water partition coefficient (Wildman–Crippen LogP) is -0.556. The van der Waals surface area contributed by atoms with Gasteiger partial charge in [0.05, 0.1) is 5.52 Å². The van der Waals surface area contributed by atoms with E-state index in [4.69, 9.17) is 18.1 Å². The highest BCUT2D eigenvalue weighted by molar-refractivity contribution is 7.71. The van der Waals surface area contributed by atoms with E-state index in [1.165, 1.54) is 6.20 Å². The molecule has 0 saturated carbocycles. The molecule has 0 aliphatic heterocycles. The van der Waals surface area contributed by atoms with Gasteiger partial charge in [0, 0.05) is 6.20 Å². The van der Waals surface area contributed by atoms with Crippen LogP contribution in [0.3, 0.4) is 0 Å². The molecule has 2 heterocycles. The molecule has 0 aliphatic carbocycles. The van der Waals surface area contributed by atoms with E-state index in [9.17, 15) is 9.59 Å². The Bertz CT molecular complexity index is 690. The van der Waals surface area contributed by atoms with E-state index in [1.807, 2.05) is 5.43 Å². The second-order valence-corrected chi connectivity index (χ2v) is 3.68. The number of hydrazine groups is 1. The maximum atomic E-state index is 12.0. The van der Waals surface area contributed by atoms with Crippen LogP contribution in [-0.4, -0.2) is 20.4 Å². The lowest BCUT2D eigenvalue weighted by Crippen LogP contribution is -2.37. The lowest BCUT2D eigenvalue weighted by Gasteiger charge is -2.06. The Hall–Kier alpha value is -2.06. The molecule has 0 spiro atoms. The normalized spacial score (nSPS) is 10.4. The largest absolute Gasteiger partial charge is 0.330 e. The molecule has 0 fully saturated rings. The van der Waals surface area contributed by atoms with E-state index < -0.39 is 11.5 Å². The lowest BCUT2D eigenvalue weighted by molar-refractivity contribution is -0.121. The first-order valence-electron chi connectivity index (χ1n) is 4.71. The number of carbonyl (C=O) groups excluding carboxylic acids is 1. The van der Waals surface area contributed by atoms with Crippen molar-refractivity contribution in [3.63, 3.8) is 0 Å². The summed E-state index contributed by atoms with van der Waals surface area (Å²) in [5.41, 5.74) is 2.28. The Kier molecular flexibility index (Phi) is 2.98. The molecule has 17 heavy (non-hydrogen) atoms. The highest BCUT2D eigenvalue weighted by Crippen LogP contribution is 2.02. The fourth-order valence-electron chi connectivity index (χ4n) is 1.41. The van der Waals surface area contributed by atoms with Crippen molar-refractivity contribution in [3.8, 4) is 0 Å². The number of amides is 1. The van der Waals surface area contributed by atoms with Crippen LogP contribution in [-0.2, 0) is 11.3 Å². The second kappa shape index (κ2) is 4.44. The minimum absolute atomic E-state index is 0.152. The van der Waals surface area contributed by atoms with Gasteiger partial charge in [-0.3, -0.25) is 19.6 Å². The molecule has 1 amide bonds. The third kappa shape index (κ3) is 2.08. The maximum Gasteiger partial charge on any atom is 0.281 e. The minimum Gasteiger partial charge on any atom is -0.330 e. The number of hydrogen-bond donors (Lipinski definition) is 3. The number of carbonyl (C=O) groups is 1. The molecule has 0 bridgehead atoms. The molecule has 0 radical (unpaired) electrons. The van der Waals surface area contributed by atoms with Gasteiger partial charge in [0.1, 0.15) is 6.54 Å². The molecule has 2 aromatic rings. The zero-order valence-electron chi connectivity index (χ0n) is 8.64. The summed E-state index contributed by atoms with van der Waals surface area (Å²) >= 11 is 4.99. The number of pyridine rings is 1. The van der Waals surface area contributed by atoms with Gasteiger partial charge in [-0.2, -0.15) is 0 Å². The van der Waals surface area contributed by atoms with Crippen LogP contribution in [0.2, 0.25) is 0 Å². The highest BCUT2D eigenvalue weighted by atomic mass is 32.1. The SMILES string of the molecule is NNC(=O)Cn1c(=S)[nH]c2cccnc2c1=O. The lowest BCUT2D eigenvalue weighted by atomic mass is 10.3. The molecule has 0 saturated heterocycles. The summed E-state index contributed by atoms with van der Waals surface area (Å²) < 4.78 is 1.26. The van der Waals surface area contributed by atoms with E-state index in [0.717, 1.165) is 4.57 Å². The van der Waals surface area contributed by atoms with Gasteiger partial charge in [0.25, 0.3) is 11.5 Å². The van der Waals surface area contributed by atoms with E-state index in [-0.39, 0.29) is 16.8 Å². The number of aromatic amines is 1. The average Bonchev–Trinajstić information content (AvgIpc) is 2.34. The van der Waals surface area contributed by atoms with E-state index in [0.29, 0.717) is 5.52 Å². The smallest absolute Gasteiger partial charge is 0.281 e. The molecule has 8 heteroatoms. The quantitative estimate of drug-likeness (QED) is 0.287. The molecule has 0 aliphatic rings. The van der Waals surface area contributed by atoms with Gasteiger partial charge in [0.15, 0.2) is 10.3 Å². The van der Waals surface area contributed by atoms with Crippen LogP contribution in [0.15, 0.2) is 23.1 Å². The summed E-state index contributed by atoms with van der Waals surface area (Å²) in [5, 5.41) is 0. The Morgan fingerprint density at radius 3 is 3.12 bits per heavy atom. The summed E-state index contributed by atoms with van der Waals surface area (Å²) in [6.45, 7) is -0.239. The monoisotopic (exact) mass is 251 g/mol. The zero-order chi connectivity index (χ0) is 12.4. The van der Waals surface area contributed by atoms with Crippen molar-refractivity contribution in [1.82, 2.24) is 20.0 Å². The first-order valence-corrected chi connectivity index (χ1v) is 5.11. The van der Waals surface area contributed by atoms with Crippen LogP contribution in [0, 0.1) is 4.77 Å². The molecule has 2 aromatic heterocycles. The van der Waals surface area contributed by atoms with Gasteiger partial charge < -0.3 is 4.98 Å². The molecule has 0 aromatic carbocycles. The van der Waals surface area contributed by atoms with Crippen LogP contribution >= 0.6 is 12.2 Å². The third-order valence-corrected chi connectivity index (χ3v) is 2.53. The molecule has 7 nitrogen and oxygen atoms in total. The zero-order valence-corrected chi connectivity index (χ0v) is 9.45. The first-order chi connectivity index (χ1) is 8.13. The van der Waals surface area contributed by atoms with Crippen LogP contribution in [0.4, 0.5) is 0 Å². The number of fused-ring (bicyclic) bond motifs is 1. The summed E-state index contributed by atoms with van der Waals surface area (Å²) in [4.78, 5) is 29.9. The van der Waals surface area contributed by atoms with E-state index in [2.05, 4.69) is 9.97 Å². The molecule has 2 rings (SSSR count). The number of hydrogen-bond acceptors (Lipinski definition) is 5. The fraction of sp³-hybridized carbons (Fsp3) is 0.111. The third-order valence-electron chi connectivity index (χ3n) is 2.20. The molecule has 0 unspecified atom stereocenters. The van der Waals surface area contributed by atoms with Crippen molar-refractivity contribution in [1.29, 1.82) is 0 Å². The van der Waals surface area contributed by atoms with E-state index in [1.54, 1.807) is 12.1 Å². The molecule has 0 atom stereocenters. The van der Waals surface area contributed by atoms with Crippen molar-refractivity contribution in [2.75, 3.05) is 0 Å². The maximum absolute atomic E-state index is 12.0. The number of nitrogens with two attached hydrogens (primary N) is 1. The van der Waals surface area contributed by atoms with Gasteiger partial charge >= 0.3 is 0 Å².